The molecule has 0 radical (unpaired) electrons. The number of piperidine rings is 1. The van der Waals surface area contributed by atoms with Crippen molar-refractivity contribution in [1.29, 1.82) is 0 Å². The van der Waals surface area contributed by atoms with Gasteiger partial charge in [0.25, 0.3) is 15.9 Å². The molecule has 154 valence electrons. The van der Waals surface area contributed by atoms with E-state index < -0.39 is 15.8 Å². The molecule has 1 heterocycles. The molecule has 1 amide bonds. The van der Waals surface area contributed by atoms with Crippen LogP contribution in [0.2, 0.25) is 0 Å². The van der Waals surface area contributed by atoms with Gasteiger partial charge in [0.05, 0.1) is 4.90 Å². The van der Waals surface area contributed by atoms with E-state index in [0.29, 0.717) is 11.5 Å². The summed E-state index contributed by atoms with van der Waals surface area (Å²) >= 11 is 0. The number of nitrogens with one attached hydrogen (secondary N) is 1. The van der Waals surface area contributed by atoms with Crippen LogP contribution in [0.3, 0.4) is 0 Å². The Balaban J connectivity index is 1.50. The van der Waals surface area contributed by atoms with Crippen molar-refractivity contribution in [2.45, 2.75) is 37.0 Å². The fraction of sp³-hybridized carbons (Fsp3) is 0.409. The highest BCUT2D eigenvalue weighted by Crippen LogP contribution is 2.36. The van der Waals surface area contributed by atoms with Crippen LogP contribution in [0.15, 0.2) is 53.4 Å². The SMILES string of the molecule is O=C(c1cccc(S(=O)(=O)Nc2ccc(F)cc2)c1)N1CC[C@@H]2CCCC[C@H]2C1. The highest BCUT2D eigenvalue weighted by Gasteiger charge is 2.33. The average Bonchev–Trinajstić information content (AvgIpc) is 2.74. The second-order valence-electron chi connectivity index (χ2n) is 7.98. The van der Waals surface area contributed by atoms with Gasteiger partial charge in [0.15, 0.2) is 0 Å². The lowest BCUT2D eigenvalue weighted by molar-refractivity contribution is 0.0520. The summed E-state index contributed by atoms with van der Waals surface area (Å²) in [7, 11) is -3.88. The van der Waals surface area contributed by atoms with Crippen molar-refractivity contribution in [2.24, 2.45) is 11.8 Å². The zero-order chi connectivity index (χ0) is 20.4. The average molecular weight is 417 g/mol. The molecule has 0 aromatic heterocycles. The van der Waals surface area contributed by atoms with Gasteiger partial charge < -0.3 is 4.90 Å². The zero-order valence-electron chi connectivity index (χ0n) is 16.2. The molecule has 4 rings (SSSR count). The minimum atomic E-state index is -3.88. The Morgan fingerprint density at radius 1 is 1.00 bits per heavy atom. The van der Waals surface area contributed by atoms with Crippen molar-refractivity contribution < 1.29 is 17.6 Å². The number of carbonyl (C=O) groups excluding carboxylic acids is 1. The Labute approximate surface area is 171 Å². The molecule has 0 spiro atoms. The predicted molar refractivity (Wildman–Crippen MR) is 110 cm³/mol. The number of fused-ring (bicyclic) bond motifs is 1. The minimum Gasteiger partial charge on any atom is -0.338 e. The van der Waals surface area contributed by atoms with Crippen LogP contribution >= 0.6 is 0 Å². The number of sulfonamides is 1. The molecule has 1 N–H and O–H groups in total. The molecule has 0 unspecified atom stereocenters. The molecular weight excluding hydrogens is 391 g/mol. The number of halogens is 1. The predicted octanol–water partition coefficient (Wildman–Crippen LogP) is 4.28. The van der Waals surface area contributed by atoms with E-state index >= 15 is 0 Å². The molecule has 2 fully saturated rings. The van der Waals surface area contributed by atoms with Crippen LogP contribution in [-0.2, 0) is 10.0 Å². The molecule has 5 nitrogen and oxygen atoms in total. The number of nitrogens with zero attached hydrogens (tertiary/aromatic N) is 1. The van der Waals surface area contributed by atoms with Crippen molar-refractivity contribution in [3.63, 3.8) is 0 Å². The summed E-state index contributed by atoms with van der Waals surface area (Å²) in [6, 6.07) is 11.2. The van der Waals surface area contributed by atoms with E-state index in [0.717, 1.165) is 25.4 Å². The summed E-state index contributed by atoms with van der Waals surface area (Å²) in [6.07, 6.45) is 5.97. The number of hydrogen-bond donors (Lipinski definition) is 1. The van der Waals surface area contributed by atoms with E-state index in [-0.39, 0.29) is 16.5 Å². The Hall–Kier alpha value is -2.41. The molecule has 0 bridgehead atoms. The van der Waals surface area contributed by atoms with Gasteiger partial charge in [-0.15, -0.1) is 0 Å². The zero-order valence-corrected chi connectivity index (χ0v) is 17.0. The van der Waals surface area contributed by atoms with E-state index in [1.165, 1.54) is 62.1 Å². The van der Waals surface area contributed by atoms with Crippen LogP contribution in [0.1, 0.15) is 42.5 Å². The van der Waals surface area contributed by atoms with Crippen LogP contribution in [0.5, 0.6) is 0 Å². The maximum Gasteiger partial charge on any atom is 0.261 e. The molecule has 2 aromatic carbocycles. The van der Waals surface area contributed by atoms with E-state index in [4.69, 9.17) is 0 Å². The topological polar surface area (TPSA) is 66.5 Å². The highest BCUT2D eigenvalue weighted by atomic mass is 32.2. The second kappa shape index (κ2) is 8.14. The normalized spacial score (nSPS) is 22.0. The van der Waals surface area contributed by atoms with Crippen LogP contribution in [-0.4, -0.2) is 32.3 Å². The van der Waals surface area contributed by atoms with Gasteiger partial charge in [-0.3, -0.25) is 9.52 Å². The monoisotopic (exact) mass is 416 g/mol. The molecule has 1 saturated carbocycles. The molecule has 7 heteroatoms. The molecule has 29 heavy (non-hydrogen) atoms. The largest absolute Gasteiger partial charge is 0.338 e. The van der Waals surface area contributed by atoms with Crippen molar-refractivity contribution in [2.75, 3.05) is 17.8 Å². The third-order valence-corrected chi connectivity index (χ3v) is 7.45. The van der Waals surface area contributed by atoms with Crippen molar-refractivity contribution in [1.82, 2.24) is 4.90 Å². The first-order chi connectivity index (χ1) is 13.9. The number of benzene rings is 2. The smallest absolute Gasteiger partial charge is 0.261 e. The maximum absolute atomic E-state index is 13.0. The van der Waals surface area contributed by atoms with Crippen LogP contribution in [0, 0.1) is 17.7 Å². The number of carbonyl (C=O) groups is 1. The highest BCUT2D eigenvalue weighted by molar-refractivity contribution is 7.92. The summed E-state index contributed by atoms with van der Waals surface area (Å²) in [5, 5.41) is 0. The van der Waals surface area contributed by atoms with Gasteiger partial charge in [0.1, 0.15) is 5.82 Å². The lowest BCUT2D eigenvalue weighted by Crippen LogP contribution is -2.44. The second-order valence-corrected chi connectivity index (χ2v) is 9.67. The Bertz CT molecular complexity index is 991. The lowest BCUT2D eigenvalue weighted by Gasteiger charge is -2.41. The Kier molecular flexibility index (Phi) is 5.58. The molecule has 1 aliphatic heterocycles. The van der Waals surface area contributed by atoms with E-state index in [1.807, 2.05) is 4.90 Å². The molecule has 2 atom stereocenters. The van der Waals surface area contributed by atoms with Crippen LogP contribution in [0.4, 0.5) is 10.1 Å². The summed E-state index contributed by atoms with van der Waals surface area (Å²) in [4.78, 5) is 14.9. The van der Waals surface area contributed by atoms with Crippen molar-refractivity contribution in [3.8, 4) is 0 Å². The fourth-order valence-electron chi connectivity index (χ4n) is 4.50. The van der Waals surface area contributed by atoms with E-state index in [2.05, 4.69) is 4.72 Å². The summed E-state index contributed by atoms with van der Waals surface area (Å²) in [6.45, 7) is 1.49. The van der Waals surface area contributed by atoms with Gasteiger partial charge in [0, 0.05) is 24.3 Å². The fourth-order valence-corrected chi connectivity index (χ4v) is 5.60. The summed E-state index contributed by atoms with van der Waals surface area (Å²) in [5.74, 6) is 0.725. The molecule has 2 aliphatic rings. The third-order valence-electron chi connectivity index (χ3n) is 6.07. The number of rotatable bonds is 4. The lowest BCUT2D eigenvalue weighted by atomic mass is 9.75. The Morgan fingerprint density at radius 3 is 2.48 bits per heavy atom. The minimum absolute atomic E-state index is 0.0141. The van der Waals surface area contributed by atoms with Crippen molar-refractivity contribution >= 4 is 21.6 Å². The van der Waals surface area contributed by atoms with E-state index in [9.17, 15) is 17.6 Å². The molecule has 1 aliphatic carbocycles. The van der Waals surface area contributed by atoms with Gasteiger partial charge in [-0.1, -0.05) is 25.3 Å². The number of anilines is 1. The number of hydrogen-bond acceptors (Lipinski definition) is 3. The number of amides is 1. The van der Waals surface area contributed by atoms with Gasteiger partial charge >= 0.3 is 0 Å². The molecular formula is C22H25FN2O3S. The quantitative estimate of drug-likeness (QED) is 0.809. The first-order valence-electron chi connectivity index (χ1n) is 10.1. The Morgan fingerprint density at radius 2 is 1.72 bits per heavy atom. The first kappa shape index (κ1) is 19.9. The third kappa shape index (κ3) is 4.45. The van der Waals surface area contributed by atoms with E-state index in [1.54, 1.807) is 12.1 Å². The van der Waals surface area contributed by atoms with Crippen LogP contribution in [0.25, 0.3) is 0 Å². The maximum atomic E-state index is 13.0. The van der Waals surface area contributed by atoms with Gasteiger partial charge in [0.2, 0.25) is 0 Å². The van der Waals surface area contributed by atoms with Crippen LogP contribution < -0.4 is 4.72 Å². The van der Waals surface area contributed by atoms with Gasteiger partial charge in [-0.25, -0.2) is 12.8 Å². The summed E-state index contributed by atoms with van der Waals surface area (Å²) < 4.78 is 40.9. The standard InChI is InChI=1S/C22H25FN2O3S/c23-19-8-10-20(11-9-19)24-29(27,28)21-7-3-6-17(14-21)22(26)25-13-12-16-4-1-2-5-18(16)15-25/h3,6-11,14,16,18,24H,1-2,4-5,12-13,15H2/t16-,18-/m0/s1. The van der Waals surface area contributed by atoms with Crippen molar-refractivity contribution in [3.05, 3.63) is 59.9 Å². The summed E-state index contributed by atoms with van der Waals surface area (Å²) in [5.41, 5.74) is 0.642. The number of likely N-dealkylation sites (tertiary alicyclic amines) is 1. The van der Waals surface area contributed by atoms with Gasteiger partial charge in [-0.2, -0.15) is 0 Å². The van der Waals surface area contributed by atoms with Gasteiger partial charge in [-0.05, 0) is 67.1 Å². The molecule has 1 saturated heterocycles. The first-order valence-corrected chi connectivity index (χ1v) is 11.6. The molecule has 2 aromatic rings.